The zero-order valence-corrected chi connectivity index (χ0v) is 18.3. The van der Waals surface area contributed by atoms with Gasteiger partial charge in [0, 0.05) is 37.1 Å². The molecule has 2 aromatic heterocycles. The van der Waals surface area contributed by atoms with Gasteiger partial charge in [-0.3, -0.25) is 19.8 Å². The van der Waals surface area contributed by atoms with Crippen LogP contribution in [0.25, 0.3) is 10.2 Å². The predicted octanol–water partition coefficient (Wildman–Crippen LogP) is 3.40. The molecule has 0 bridgehead atoms. The molecule has 3 heterocycles. The normalized spacial score (nSPS) is 17.1. The first-order chi connectivity index (χ1) is 15.0. The summed E-state index contributed by atoms with van der Waals surface area (Å²) in [7, 11) is 0. The van der Waals surface area contributed by atoms with Crippen LogP contribution in [0.2, 0.25) is 0 Å². The Kier molecular flexibility index (Phi) is 5.23. The number of nitro groups is 1. The van der Waals surface area contributed by atoms with Crippen LogP contribution in [0, 0.1) is 17.0 Å². The molecule has 2 aliphatic rings. The molecule has 0 atom stereocenters. The highest BCUT2D eigenvalue weighted by molar-refractivity contribution is 7.18. The number of H-pyrrole nitrogens is 1. The fraction of sp³-hybridized carbons (Fsp3) is 0.455. The molecule has 1 aliphatic carbocycles. The van der Waals surface area contributed by atoms with E-state index in [0.717, 1.165) is 48.1 Å². The second-order valence-electron chi connectivity index (χ2n) is 8.42. The highest BCUT2D eigenvalue weighted by Gasteiger charge is 2.25. The molecular formula is C22H25N5O3S. The van der Waals surface area contributed by atoms with Crippen LogP contribution in [-0.4, -0.2) is 46.0 Å². The zero-order valence-electron chi connectivity index (χ0n) is 17.5. The lowest BCUT2D eigenvalue weighted by Crippen LogP contribution is -2.46. The Hall–Kier alpha value is -2.78. The van der Waals surface area contributed by atoms with Crippen LogP contribution in [-0.2, 0) is 19.4 Å². The van der Waals surface area contributed by atoms with Crippen molar-refractivity contribution < 1.29 is 4.92 Å². The fourth-order valence-corrected chi connectivity index (χ4v) is 5.97. The number of piperazine rings is 1. The van der Waals surface area contributed by atoms with Crippen LogP contribution >= 0.6 is 11.3 Å². The summed E-state index contributed by atoms with van der Waals surface area (Å²) >= 11 is 1.67. The molecule has 8 nitrogen and oxygen atoms in total. The van der Waals surface area contributed by atoms with Gasteiger partial charge in [0.1, 0.15) is 16.3 Å². The van der Waals surface area contributed by atoms with Gasteiger partial charge in [-0.1, -0.05) is 6.07 Å². The number of thiophene rings is 1. The van der Waals surface area contributed by atoms with E-state index in [1.54, 1.807) is 17.4 Å². The molecular weight excluding hydrogens is 414 g/mol. The molecule has 0 radical (unpaired) electrons. The molecule has 9 heteroatoms. The van der Waals surface area contributed by atoms with Crippen LogP contribution in [0.4, 0.5) is 11.4 Å². The third-order valence-electron chi connectivity index (χ3n) is 6.29. The quantitative estimate of drug-likeness (QED) is 0.494. The van der Waals surface area contributed by atoms with Crippen molar-refractivity contribution in [3.05, 3.63) is 60.5 Å². The number of nitrogens with one attached hydrogen (secondary N) is 1. The molecule has 1 fully saturated rings. The van der Waals surface area contributed by atoms with Gasteiger partial charge in [0.25, 0.3) is 11.2 Å². The monoisotopic (exact) mass is 439 g/mol. The molecule has 1 saturated heterocycles. The summed E-state index contributed by atoms with van der Waals surface area (Å²) in [5.41, 5.74) is 2.90. The van der Waals surface area contributed by atoms with Gasteiger partial charge in [-0.25, -0.2) is 4.98 Å². The largest absolute Gasteiger partial charge is 0.363 e. The van der Waals surface area contributed by atoms with Crippen LogP contribution in [0.15, 0.2) is 23.0 Å². The minimum absolute atomic E-state index is 0.0201. The van der Waals surface area contributed by atoms with Crippen molar-refractivity contribution in [2.45, 2.75) is 39.2 Å². The summed E-state index contributed by atoms with van der Waals surface area (Å²) in [6, 6.07) is 5.39. The Morgan fingerprint density at radius 1 is 1.19 bits per heavy atom. The first-order valence-electron chi connectivity index (χ1n) is 10.8. The standard InChI is InChI=1S/C22H25N5O3S/c1-14-6-7-16(17(12-14)27(29)30)26-10-8-25(9-11-26)13-19-23-21(28)20-15-4-2-3-5-18(15)31-22(20)24-19/h6-7,12H,2-5,8-11,13H2,1H3,(H,23,24,28). The van der Waals surface area contributed by atoms with E-state index >= 15 is 0 Å². The minimum atomic E-state index is -0.306. The van der Waals surface area contributed by atoms with Gasteiger partial charge < -0.3 is 9.88 Å². The van der Waals surface area contributed by atoms with Gasteiger partial charge >= 0.3 is 0 Å². The van der Waals surface area contributed by atoms with E-state index < -0.39 is 0 Å². The summed E-state index contributed by atoms with van der Waals surface area (Å²) in [6.07, 6.45) is 4.36. The molecule has 0 amide bonds. The molecule has 5 rings (SSSR count). The van der Waals surface area contributed by atoms with Gasteiger partial charge in [-0.15, -0.1) is 11.3 Å². The van der Waals surface area contributed by atoms with Crippen molar-refractivity contribution in [2.24, 2.45) is 0 Å². The Morgan fingerprint density at radius 3 is 2.74 bits per heavy atom. The van der Waals surface area contributed by atoms with Crippen molar-refractivity contribution in [1.29, 1.82) is 0 Å². The summed E-state index contributed by atoms with van der Waals surface area (Å²) in [5.74, 6) is 0.700. The molecule has 0 spiro atoms. The molecule has 162 valence electrons. The fourth-order valence-electron chi connectivity index (χ4n) is 4.69. The number of aryl methyl sites for hydroxylation is 3. The molecule has 1 aliphatic heterocycles. The van der Waals surface area contributed by atoms with Crippen LogP contribution < -0.4 is 10.5 Å². The summed E-state index contributed by atoms with van der Waals surface area (Å²) in [6.45, 7) is 5.36. The lowest BCUT2D eigenvalue weighted by molar-refractivity contribution is -0.384. The second kappa shape index (κ2) is 8.05. The number of aromatic amines is 1. The Morgan fingerprint density at radius 2 is 1.97 bits per heavy atom. The maximum absolute atomic E-state index is 12.8. The number of hydrogen-bond acceptors (Lipinski definition) is 7. The van der Waals surface area contributed by atoms with Crippen molar-refractivity contribution in [3.8, 4) is 0 Å². The van der Waals surface area contributed by atoms with E-state index in [2.05, 4.69) is 14.8 Å². The first kappa shape index (κ1) is 20.1. The number of nitrogens with zero attached hydrogens (tertiary/aromatic N) is 4. The number of anilines is 1. The summed E-state index contributed by atoms with van der Waals surface area (Å²) < 4.78 is 0. The average molecular weight is 440 g/mol. The summed E-state index contributed by atoms with van der Waals surface area (Å²) in [4.78, 5) is 38.2. The van der Waals surface area contributed by atoms with E-state index in [4.69, 9.17) is 4.98 Å². The molecule has 1 aromatic carbocycles. The third-order valence-corrected chi connectivity index (χ3v) is 7.47. The van der Waals surface area contributed by atoms with Crippen molar-refractivity contribution in [1.82, 2.24) is 14.9 Å². The van der Waals surface area contributed by atoms with E-state index in [-0.39, 0.29) is 16.2 Å². The first-order valence-corrected chi connectivity index (χ1v) is 11.6. The number of aromatic nitrogens is 2. The Labute approximate surface area is 183 Å². The molecule has 0 unspecified atom stereocenters. The number of rotatable bonds is 4. The zero-order chi connectivity index (χ0) is 21.5. The number of benzene rings is 1. The van der Waals surface area contributed by atoms with Gasteiger partial charge in [-0.05, 0) is 49.8 Å². The summed E-state index contributed by atoms with van der Waals surface area (Å²) in [5, 5.41) is 12.3. The lowest BCUT2D eigenvalue weighted by Gasteiger charge is -2.35. The SMILES string of the molecule is Cc1ccc(N2CCN(Cc3nc4sc5c(c4c(=O)[nH]3)CCCC5)CC2)c([N+](=O)[O-])c1. The molecule has 3 aromatic rings. The second-order valence-corrected chi connectivity index (χ2v) is 9.50. The molecule has 1 N–H and O–H groups in total. The van der Waals surface area contributed by atoms with E-state index in [1.807, 2.05) is 19.1 Å². The number of fused-ring (bicyclic) bond motifs is 3. The van der Waals surface area contributed by atoms with Crippen LogP contribution in [0.3, 0.4) is 0 Å². The van der Waals surface area contributed by atoms with Gasteiger partial charge in [0.05, 0.1) is 16.9 Å². The van der Waals surface area contributed by atoms with Crippen molar-refractivity contribution in [2.75, 3.05) is 31.1 Å². The van der Waals surface area contributed by atoms with E-state index in [0.29, 0.717) is 31.1 Å². The number of nitro benzene ring substituents is 1. The minimum Gasteiger partial charge on any atom is -0.363 e. The smallest absolute Gasteiger partial charge is 0.292 e. The maximum atomic E-state index is 12.8. The van der Waals surface area contributed by atoms with Gasteiger partial charge in [0.15, 0.2) is 0 Å². The third kappa shape index (κ3) is 3.83. The van der Waals surface area contributed by atoms with Gasteiger partial charge in [-0.2, -0.15) is 0 Å². The van der Waals surface area contributed by atoms with Crippen LogP contribution in [0.5, 0.6) is 0 Å². The number of hydrogen-bond donors (Lipinski definition) is 1. The predicted molar refractivity (Wildman–Crippen MR) is 122 cm³/mol. The maximum Gasteiger partial charge on any atom is 0.292 e. The van der Waals surface area contributed by atoms with Crippen LogP contribution in [0.1, 0.15) is 34.7 Å². The van der Waals surface area contributed by atoms with E-state index in [9.17, 15) is 14.9 Å². The highest BCUT2D eigenvalue weighted by Crippen LogP contribution is 2.34. The molecule has 0 saturated carbocycles. The average Bonchev–Trinajstić information content (AvgIpc) is 3.13. The lowest BCUT2D eigenvalue weighted by atomic mass is 9.97. The van der Waals surface area contributed by atoms with E-state index in [1.165, 1.54) is 16.9 Å². The molecule has 31 heavy (non-hydrogen) atoms. The Balaban J connectivity index is 1.31. The Bertz CT molecular complexity index is 1210. The highest BCUT2D eigenvalue weighted by atomic mass is 32.1. The van der Waals surface area contributed by atoms with Crippen molar-refractivity contribution >= 4 is 32.9 Å². The van der Waals surface area contributed by atoms with Gasteiger partial charge in [0.2, 0.25) is 0 Å². The van der Waals surface area contributed by atoms with Crippen molar-refractivity contribution in [3.63, 3.8) is 0 Å². The topological polar surface area (TPSA) is 95.4 Å².